The SMILES string of the molecule is Cc1nc(-c2ccccc2NC(=O)NC2CCC(=O)N(C)C2)cs1. The molecule has 2 N–H and O–H groups in total. The van der Waals surface area contributed by atoms with Crippen LogP contribution < -0.4 is 10.6 Å². The fourth-order valence-corrected chi connectivity index (χ4v) is 3.39. The van der Waals surface area contributed by atoms with Crippen LogP contribution >= 0.6 is 11.3 Å². The van der Waals surface area contributed by atoms with Crippen molar-refractivity contribution in [1.29, 1.82) is 0 Å². The molecule has 1 atom stereocenters. The highest BCUT2D eigenvalue weighted by molar-refractivity contribution is 7.09. The zero-order chi connectivity index (χ0) is 17.1. The number of likely N-dealkylation sites (tertiary alicyclic amines) is 1. The number of nitrogens with one attached hydrogen (secondary N) is 2. The summed E-state index contributed by atoms with van der Waals surface area (Å²) in [5, 5.41) is 8.81. The number of rotatable bonds is 3. The minimum atomic E-state index is -0.262. The van der Waals surface area contributed by atoms with Crippen LogP contribution in [-0.4, -0.2) is 41.5 Å². The van der Waals surface area contributed by atoms with Gasteiger partial charge in [0.1, 0.15) is 0 Å². The van der Waals surface area contributed by atoms with Crippen molar-refractivity contribution >= 4 is 29.0 Å². The Morgan fingerprint density at radius 2 is 2.17 bits per heavy atom. The Bertz CT molecular complexity index is 759. The average molecular weight is 344 g/mol. The molecule has 2 aromatic rings. The van der Waals surface area contributed by atoms with Crippen molar-refractivity contribution in [2.75, 3.05) is 18.9 Å². The zero-order valence-corrected chi connectivity index (χ0v) is 14.5. The number of benzene rings is 1. The predicted molar refractivity (Wildman–Crippen MR) is 95.1 cm³/mol. The molecular formula is C17H20N4O2S. The Balaban J connectivity index is 1.68. The third-order valence-electron chi connectivity index (χ3n) is 4.03. The van der Waals surface area contributed by atoms with Gasteiger partial charge in [-0.2, -0.15) is 0 Å². The molecule has 0 saturated carbocycles. The van der Waals surface area contributed by atoms with E-state index in [4.69, 9.17) is 0 Å². The molecule has 1 aromatic carbocycles. The van der Waals surface area contributed by atoms with Crippen LogP contribution in [0, 0.1) is 6.92 Å². The molecule has 0 radical (unpaired) electrons. The molecule has 0 aliphatic carbocycles. The molecule has 24 heavy (non-hydrogen) atoms. The highest BCUT2D eigenvalue weighted by Gasteiger charge is 2.24. The topological polar surface area (TPSA) is 74.3 Å². The molecule has 1 saturated heterocycles. The molecule has 6 nitrogen and oxygen atoms in total. The number of carbonyl (C=O) groups is 2. The fourth-order valence-electron chi connectivity index (χ4n) is 2.78. The van der Waals surface area contributed by atoms with Gasteiger partial charge in [-0.1, -0.05) is 18.2 Å². The summed E-state index contributed by atoms with van der Waals surface area (Å²) >= 11 is 1.58. The van der Waals surface area contributed by atoms with E-state index < -0.39 is 0 Å². The lowest BCUT2D eigenvalue weighted by Crippen LogP contribution is -2.49. The number of thiazole rings is 1. The Hall–Kier alpha value is -2.41. The Morgan fingerprint density at radius 3 is 2.88 bits per heavy atom. The highest BCUT2D eigenvalue weighted by atomic mass is 32.1. The summed E-state index contributed by atoms with van der Waals surface area (Å²) in [5.41, 5.74) is 2.48. The summed E-state index contributed by atoms with van der Waals surface area (Å²) in [7, 11) is 1.76. The Morgan fingerprint density at radius 1 is 1.38 bits per heavy atom. The van der Waals surface area contributed by atoms with Crippen molar-refractivity contribution in [1.82, 2.24) is 15.2 Å². The summed E-state index contributed by atoms with van der Waals surface area (Å²) in [6.45, 7) is 2.50. The summed E-state index contributed by atoms with van der Waals surface area (Å²) in [5.74, 6) is 0.123. The van der Waals surface area contributed by atoms with Crippen LogP contribution in [0.25, 0.3) is 11.3 Å². The van der Waals surface area contributed by atoms with Gasteiger partial charge in [0.15, 0.2) is 0 Å². The summed E-state index contributed by atoms with van der Waals surface area (Å²) < 4.78 is 0. The van der Waals surface area contributed by atoms with E-state index in [0.717, 1.165) is 22.0 Å². The van der Waals surface area contributed by atoms with Crippen LogP contribution in [0.1, 0.15) is 17.8 Å². The molecule has 0 bridgehead atoms. The van der Waals surface area contributed by atoms with Crippen LogP contribution in [0.3, 0.4) is 0 Å². The third kappa shape index (κ3) is 3.73. The van der Waals surface area contributed by atoms with Crippen molar-refractivity contribution in [2.24, 2.45) is 0 Å². The van der Waals surface area contributed by atoms with E-state index in [1.54, 1.807) is 23.3 Å². The van der Waals surface area contributed by atoms with Gasteiger partial charge in [-0.3, -0.25) is 4.79 Å². The second kappa shape index (κ2) is 7.00. The van der Waals surface area contributed by atoms with E-state index in [-0.39, 0.29) is 18.0 Å². The number of para-hydroxylation sites is 1. The van der Waals surface area contributed by atoms with Crippen LogP contribution in [0.4, 0.5) is 10.5 Å². The first-order valence-corrected chi connectivity index (χ1v) is 8.74. The molecule has 0 spiro atoms. The average Bonchev–Trinajstić information content (AvgIpc) is 2.98. The van der Waals surface area contributed by atoms with E-state index in [9.17, 15) is 9.59 Å². The van der Waals surface area contributed by atoms with Gasteiger partial charge in [-0.15, -0.1) is 11.3 Å². The minimum absolute atomic E-state index is 0.0265. The molecule has 126 valence electrons. The predicted octanol–water partition coefficient (Wildman–Crippen LogP) is 2.86. The number of hydrogen-bond donors (Lipinski definition) is 2. The number of nitrogens with zero attached hydrogens (tertiary/aromatic N) is 2. The molecule has 3 amide bonds. The first-order valence-electron chi connectivity index (χ1n) is 7.86. The van der Waals surface area contributed by atoms with Crippen LogP contribution in [0.5, 0.6) is 0 Å². The molecule has 3 rings (SSSR count). The Kier molecular flexibility index (Phi) is 4.80. The number of amides is 3. The maximum absolute atomic E-state index is 12.3. The van der Waals surface area contributed by atoms with Crippen molar-refractivity contribution in [3.05, 3.63) is 34.7 Å². The monoisotopic (exact) mass is 344 g/mol. The molecule has 1 aliphatic rings. The van der Waals surface area contributed by atoms with Gasteiger partial charge in [0.2, 0.25) is 5.91 Å². The Labute approximate surface area is 144 Å². The van der Waals surface area contributed by atoms with Crippen molar-refractivity contribution in [2.45, 2.75) is 25.8 Å². The van der Waals surface area contributed by atoms with Gasteiger partial charge in [0, 0.05) is 37.0 Å². The lowest BCUT2D eigenvalue weighted by atomic mass is 10.1. The van der Waals surface area contributed by atoms with Crippen LogP contribution in [0.2, 0.25) is 0 Å². The summed E-state index contributed by atoms with van der Waals surface area (Å²) in [6, 6.07) is 7.32. The normalized spacial score (nSPS) is 17.7. The summed E-state index contributed by atoms with van der Waals surface area (Å²) in [6.07, 6.45) is 1.14. The molecule has 2 heterocycles. The highest BCUT2D eigenvalue weighted by Crippen LogP contribution is 2.28. The number of likely N-dealkylation sites (N-methyl/N-ethyl adjacent to an activating group) is 1. The van der Waals surface area contributed by atoms with E-state index in [2.05, 4.69) is 15.6 Å². The quantitative estimate of drug-likeness (QED) is 0.899. The maximum Gasteiger partial charge on any atom is 0.319 e. The third-order valence-corrected chi connectivity index (χ3v) is 4.81. The van der Waals surface area contributed by atoms with E-state index in [1.807, 2.05) is 36.6 Å². The maximum atomic E-state index is 12.3. The lowest BCUT2D eigenvalue weighted by Gasteiger charge is -2.30. The largest absolute Gasteiger partial charge is 0.344 e. The zero-order valence-electron chi connectivity index (χ0n) is 13.7. The van der Waals surface area contributed by atoms with Crippen LogP contribution in [-0.2, 0) is 4.79 Å². The number of aromatic nitrogens is 1. The van der Waals surface area contributed by atoms with Crippen molar-refractivity contribution in [3.8, 4) is 11.3 Å². The molecule has 1 fully saturated rings. The number of aryl methyl sites for hydroxylation is 1. The first-order chi connectivity index (χ1) is 11.5. The van der Waals surface area contributed by atoms with E-state index in [0.29, 0.717) is 19.4 Å². The molecule has 1 aromatic heterocycles. The number of anilines is 1. The van der Waals surface area contributed by atoms with Gasteiger partial charge < -0.3 is 15.5 Å². The van der Waals surface area contributed by atoms with Gasteiger partial charge in [0.05, 0.1) is 16.4 Å². The van der Waals surface area contributed by atoms with Crippen molar-refractivity contribution in [3.63, 3.8) is 0 Å². The molecular weight excluding hydrogens is 324 g/mol. The lowest BCUT2D eigenvalue weighted by molar-refractivity contribution is -0.132. The van der Waals surface area contributed by atoms with Crippen LogP contribution in [0.15, 0.2) is 29.6 Å². The van der Waals surface area contributed by atoms with Gasteiger partial charge >= 0.3 is 6.03 Å². The minimum Gasteiger partial charge on any atom is -0.344 e. The number of piperidine rings is 1. The number of urea groups is 1. The fraction of sp³-hybridized carbons (Fsp3) is 0.353. The molecule has 7 heteroatoms. The second-order valence-electron chi connectivity index (χ2n) is 5.91. The molecule has 1 aliphatic heterocycles. The van der Waals surface area contributed by atoms with Gasteiger partial charge in [-0.05, 0) is 19.4 Å². The molecule has 1 unspecified atom stereocenters. The van der Waals surface area contributed by atoms with Crippen molar-refractivity contribution < 1.29 is 9.59 Å². The van der Waals surface area contributed by atoms with Gasteiger partial charge in [0.25, 0.3) is 0 Å². The number of carbonyl (C=O) groups excluding carboxylic acids is 2. The standard InChI is InChI=1S/C17H20N4O2S/c1-11-18-15(10-24-11)13-5-3-4-6-14(13)20-17(23)19-12-7-8-16(22)21(2)9-12/h3-6,10,12H,7-9H2,1-2H3,(H2,19,20,23). The first kappa shape index (κ1) is 16.4. The van der Waals surface area contributed by atoms with E-state index in [1.165, 1.54) is 0 Å². The van der Waals surface area contributed by atoms with E-state index >= 15 is 0 Å². The number of hydrogen-bond acceptors (Lipinski definition) is 4. The smallest absolute Gasteiger partial charge is 0.319 e. The van der Waals surface area contributed by atoms with Gasteiger partial charge in [-0.25, -0.2) is 9.78 Å². The second-order valence-corrected chi connectivity index (χ2v) is 6.97. The summed E-state index contributed by atoms with van der Waals surface area (Å²) in [4.78, 5) is 30.0.